The second kappa shape index (κ2) is 6.72. The van der Waals surface area contributed by atoms with Gasteiger partial charge in [0.25, 0.3) is 0 Å². The molecule has 1 aliphatic rings. The number of hydrogen-bond acceptors (Lipinski definition) is 7. The van der Waals surface area contributed by atoms with Gasteiger partial charge in [-0.05, 0) is 31.6 Å². The van der Waals surface area contributed by atoms with Crippen LogP contribution in [0.2, 0.25) is 0 Å². The van der Waals surface area contributed by atoms with Gasteiger partial charge in [-0.15, -0.1) is 21.5 Å². The molecule has 4 heterocycles. The number of thiophene rings is 1. The third-order valence-electron chi connectivity index (χ3n) is 4.79. The Kier molecular flexibility index (Phi) is 4.72. The first-order chi connectivity index (χ1) is 12.1. The van der Waals surface area contributed by atoms with E-state index in [-0.39, 0.29) is 5.60 Å². The zero-order chi connectivity index (χ0) is 17.6. The van der Waals surface area contributed by atoms with E-state index in [0.717, 1.165) is 45.8 Å². The molecule has 0 spiro atoms. The van der Waals surface area contributed by atoms with Crippen LogP contribution in [0.25, 0.3) is 15.9 Å². The first-order valence-electron chi connectivity index (χ1n) is 8.60. The number of thioether (sulfide) groups is 2. The maximum Gasteiger partial charge on any atom is 0.197 e. The SMILES string of the molecule is CCCSc1nc2sc3c(c2c2nnc(SC)n12)CC(C)(CC)OC3. The molecule has 0 fully saturated rings. The van der Waals surface area contributed by atoms with Gasteiger partial charge in [0, 0.05) is 17.1 Å². The highest BCUT2D eigenvalue weighted by atomic mass is 32.2. The third kappa shape index (κ3) is 2.87. The Morgan fingerprint density at radius 1 is 1.28 bits per heavy atom. The van der Waals surface area contributed by atoms with Gasteiger partial charge in [-0.25, -0.2) is 9.38 Å². The minimum absolute atomic E-state index is 0.101. The first-order valence-corrected chi connectivity index (χ1v) is 11.6. The van der Waals surface area contributed by atoms with Crippen molar-refractivity contribution < 1.29 is 4.74 Å². The Hall–Kier alpha value is -0.830. The average molecular weight is 395 g/mol. The van der Waals surface area contributed by atoms with Crippen molar-refractivity contribution in [1.82, 2.24) is 19.6 Å². The molecule has 0 bridgehead atoms. The molecule has 0 saturated carbocycles. The Morgan fingerprint density at radius 3 is 2.84 bits per heavy atom. The van der Waals surface area contributed by atoms with E-state index in [1.165, 1.54) is 15.8 Å². The summed E-state index contributed by atoms with van der Waals surface area (Å²) in [5.41, 5.74) is 2.21. The lowest BCUT2D eigenvalue weighted by Crippen LogP contribution is -2.33. The quantitative estimate of drug-likeness (QED) is 0.457. The topological polar surface area (TPSA) is 52.3 Å². The van der Waals surface area contributed by atoms with Gasteiger partial charge in [-0.3, -0.25) is 0 Å². The zero-order valence-corrected chi connectivity index (χ0v) is 17.4. The lowest BCUT2D eigenvalue weighted by Gasteiger charge is -2.33. The molecule has 1 aliphatic heterocycles. The zero-order valence-electron chi connectivity index (χ0n) is 15.0. The molecule has 0 aromatic carbocycles. The molecule has 5 nitrogen and oxygen atoms in total. The van der Waals surface area contributed by atoms with Crippen LogP contribution >= 0.6 is 34.9 Å². The van der Waals surface area contributed by atoms with Crippen molar-refractivity contribution in [1.29, 1.82) is 0 Å². The molecule has 1 unspecified atom stereocenters. The van der Waals surface area contributed by atoms with E-state index in [0.29, 0.717) is 6.61 Å². The van der Waals surface area contributed by atoms with Crippen molar-refractivity contribution in [3.05, 3.63) is 10.4 Å². The molecule has 8 heteroatoms. The number of nitrogens with zero attached hydrogens (tertiary/aromatic N) is 4. The minimum atomic E-state index is -0.101. The minimum Gasteiger partial charge on any atom is -0.369 e. The van der Waals surface area contributed by atoms with E-state index in [1.54, 1.807) is 34.9 Å². The maximum atomic E-state index is 6.13. The van der Waals surface area contributed by atoms with Crippen molar-refractivity contribution in [2.24, 2.45) is 0 Å². The molecule has 0 N–H and O–H groups in total. The first kappa shape index (κ1) is 17.6. The summed E-state index contributed by atoms with van der Waals surface area (Å²) in [6.07, 6.45) is 5.08. The average Bonchev–Trinajstić information content (AvgIpc) is 3.20. The summed E-state index contributed by atoms with van der Waals surface area (Å²) >= 11 is 5.16. The van der Waals surface area contributed by atoms with E-state index in [9.17, 15) is 0 Å². The monoisotopic (exact) mass is 394 g/mol. The van der Waals surface area contributed by atoms with Gasteiger partial charge in [-0.2, -0.15) is 0 Å². The number of aromatic nitrogens is 4. The van der Waals surface area contributed by atoms with Gasteiger partial charge in [0.15, 0.2) is 16.0 Å². The second-order valence-corrected chi connectivity index (χ2v) is 9.46. The standard InChI is InChI=1S/C17H22N4OS3/c1-5-7-24-15-18-14-12(13-19-20-16(23-4)21(13)15)10-8-17(3,6-2)22-9-11(10)25-14/h5-9H2,1-4H3. The molecule has 3 aromatic heterocycles. The Labute approximate surface area is 160 Å². The van der Waals surface area contributed by atoms with Crippen molar-refractivity contribution in [2.75, 3.05) is 12.0 Å². The molecule has 4 rings (SSSR count). The smallest absolute Gasteiger partial charge is 0.197 e. The molecule has 0 saturated heterocycles. The Morgan fingerprint density at radius 2 is 2.12 bits per heavy atom. The Bertz CT molecular complexity index is 935. The van der Waals surface area contributed by atoms with Crippen molar-refractivity contribution in [3.8, 4) is 0 Å². The summed E-state index contributed by atoms with van der Waals surface area (Å²) in [7, 11) is 0. The van der Waals surface area contributed by atoms with Crippen LogP contribution in [0.4, 0.5) is 0 Å². The molecule has 134 valence electrons. The largest absolute Gasteiger partial charge is 0.369 e. The highest BCUT2D eigenvalue weighted by molar-refractivity contribution is 7.99. The normalized spacial score (nSPS) is 20.5. The van der Waals surface area contributed by atoms with Crippen LogP contribution in [0.3, 0.4) is 0 Å². The van der Waals surface area contributed by atoms with Crippen LogP contribution in [-0.2, 0) is 17.8 Å². The fraction of sp³-hybridized carbons (Fsp3) is 0.588. The van der Waals surface area contributed by atoms with Crippen LogP contribution < -0.4 is 0 Å². The van der Waals surface area contributed by atoms with Crippen LogP contribution in [-0.4, -0.2) is 37.2 Å². The van der Waals surface area contributed by atoms with E-state index >= 15 is 0 Å². The van der Waals surface area contributed by atoms with Crippen LogP contribution in [0.5, 0.6) is 0 Å². The molecule has 0 radical (unpaired) electrons. The van der Waals surface area contributed by atoms with Crippen molar-refractivity contribution in [3.63, 3.8) is 0 Å². The van der Waals surface area contributed by atoms with Gasteiger partial charge in [0.05, 0.1) is 17.6 Å². The summed E-state index contributed by atoms with van der Waals surface area (Å²) < 4.78 is 8.27. The van der Waals surface area contributed by atoms with Gasteiger partial charge < -0.3 is 4.74 Å². The summed E-state index contributed by atoms with van der Waals surface area (Å²) in [6, 6.07) is 0. The maximum absolute atomic E-state index is 6.13. The van der Waals surface area contributed by atoms with Gasteiger partial charge in [0.2, 0.25) is 0 Å². The second-order valence-electron chi connectivity index (χ2n) is 6.54. The molecule has 1 atom stereocenters. The van der Waals surface area contributed by atoms with Crippen LogP contribution in [0, 0.1) is 0 Å². The molecular weight excluding hydrogens is 372 g/mol. The van der Waals surface area contributed by atoms with E-state index in [4.69, 9.17) is 9.72 Å². The Balaban J connectivity index is 1.97. The summed E-state index contributed by atoms with van der Waals surface area (Å²) in [5, 5.41) is 12.0. The number of rotatable bonds is 5. The van der Waals surface area contributed by atoms with Gasteiger partial charge in [-0.1, -0.05) is 37.4 Å². The fourth-order valence-corrected chi connectivity index (χ4v) is 5.70. The van der Waals surface area contributed by atoms with Crippen LogP contribution in [0.1, 0.15) is 44.1 Å². The molecule has 0 amide bonds. The number of ether oxygens (including phenoxy) is 1. The predicted octanol–water partition coefficient (Wildman–Crippen LogP) is 4.80. The van der Waals surface area contributed by atoms with Gasteiger partial charge >= 0.3 is 0 Å². The molecule has 3 aromatic rings. The van der Waals surface area contributed by atoms with Crippen molar-refractivity contribution in [2.45, 2.75) is 62.6 Å². The summed E-state index contributed by atoms with van der Waals surface area (Å²) in [6.45, 7) is 7.26. The molecular formula is C17H22N4OS3. The number of hydrogen-bond donors (Lipinski definition) is 0. The molecule has 0 aliphatic carbocycles. The molecule has 25 heavy (non-hydrogen) atoms. The summed E-state index contributed by atoms with van der Waals surface area (Å²) in [4.78, 5) is 7.36. The summed E-state index contributed by atoms with van der Waals surface area (Å²) in [5.74, 6) is 1.04. The van der Waals surface area contributed by atoms with Gasteiger partial charge in [0.1, 0.15) is 4.83 Å². The van der Waals surface area contributed by atoms with E-state index in [2.05, 4.69) is 35.4 Å². The van der Waals surface area contributed by atoms with E-state index < -0.39 is 0 Å². The lowest BCUT2D eigenvalue weighted by molar-refractivity contribution is -0.0542. The number of fused-ring (bicyclic) bond motifs is 5. The highest BCUT2D eigenvalue weighted by Crippen LogP contribution is 2.42. The van der Waals surface area contributed by atoms with Crippen molar-refractivity contribution >= 4 is 50.7 Å². The lowest BCUT2D eigenvalue weighted by atomic mass is 9.90. The highest BCUT2D eigenvalue weighted by Gasteiger charge is 2.33. The third-order valence-corrected chi connectivity index (χ3v) is 7.66. The predicted molar refractivity (Wildman–Crippen MR) is 106 cm³/mol. The van der Waals surface area contributed by atoms with E-state index in [1.807, 2.05) is 6.26 Å². The van der Waals surface area contributed by atoms with Crippen LogP contribution in [0.15, 0.2) is 10.3 Å². The fourth-order valence-electron chi connectivity index (χ4n) is 3.17.